The maximum absolute atomic E-state index is 12.3. The van der Waals surface area contributed by atoms with Crippen molar-refractivity contribution in [2.45, 2.75) is 65.3 Å². The number of anilines is 1. The van der Waals surface area contributed by atoms with Gasteiger partial charge < -0.3 is 19.3 Å². The molecule has 0 N–H and O–H groups in total. The van der Waals surface area contributed by atoms with Gasteiger partial charge in [-0.25, -0.2) is 9.78 Å². The zero-order valence-electron chi connectivity index (χ0n) is 18.3. The summed E-state index contributed by atoms with van der Waals surface area (Å²) in [5.74, 6) is 0.659. The van der Waals surface area contributed by atoms with Crippen LogP contribution in [0.5, 0.6) is 0 Å². The minimum absolute atomic E-state index is 0.0239. The first kappa shape index (κ1) is 21.2. The standard InChI is InChI=1S/C22H29ClN4O3/c1-20(2,3)30-19(28)27-12-22(13-27)6-7-26(11-22)18-14(9-24)17(23)15-10-29-21(4,5)8-16(15)25-18/h6-8,10-13H2,1-5H3. The highest BCUT2D eigenvalue weighted by molar-refractivity contribution is 6.33. The topological polar surface area (TPSA) is 78.7 Å². The Labute approximate surface area is 182 Å². The van der Waals surface area contributed by atoms with Gasteiger partial charge in [-0.1, -0.05) is 11.6 Å². The number of hydrogen-bond donors (Lipinski definition) is 0. The maximum atomic E-state index is 12.3. The number of fused-ring (bicyclic) bond motifs is 1. The molecular formula is C22H29ClN4O3. The molecule has 3 aliphatic heterocycles. The predicted octanol–water partition coefficient (Wildman–Crippen LogP) is 3.91. The highest BCUT2D eigenvalue weighted by Crippen LogP contribution is 2.44. The lowest BCUT2D eigenvalue weighted by molar-refractivity contribution is -0.0412. The summed E-state index contributed by atoms with van der Waals surface area (Å²) >= 11 is 6.61. The second kappa shape index (κ2) is 7.00. The van der Waals surface area contributed by atoms with E-state index in [1.165, 1.54) is 0 Å². The zero-order chi connectivity index (χ0) is 21.9. The zero-order valence-corrected chi connectivity index (χ0v) is 19.1. The lowest BCUT2D eigenvalue weighted by Crippen LogP contribution is -2.60. The third kappa shape index (κ3) is 3.83. The number of hydrogen-bond acceptors (Lipinski definition) is 6. The van der Waals surface area contributed by atoms with E-state index in [0.717, 1.165) is 30.8 Å². The fraction of sp³-hybridized carbons (Fsp3) is 0.682. The largest absolute Gasteiger partial charge is 0.444 e. The van der Waals surface area contributed by atoms with Gasteiger partial charge >= 0.3 is 6.09 Å². The van der Waals surface area contributed by atoms with Crippen LogP contribution in [0.15, 0.2) is 0 Å². The second-order valence-electron chi connectivity index (χ2n) is 10.4. The Balaban J connectivity index is 1.52. The first-order valence-electron chi connectivity index (χ1n) is 10.4. The molecule has 2 saturated heterocycles. The second-order valence-corrected chi connectivity index (χ2v) is 10.8. The average molecular weight is 433 g/mol. The SMILES string of the molecule is CC(C)(C)OC(=O)N1CC2(CCN(c3nc4c(c(Cl)c3C#N)COC(C)(C)C4)C2)C1. The molecule has 1 aromatic rings. The van der Waals surface area contributed by atoms with Crippen molar-refractivity contribution in [1.82, 2.24) is 9.88 Å². The van der Waals surface area contributed by atoms with Crippen molar-refractivity contribution in [2.24, 2.45) is 5.41 Å². The van der Waals surface area contributed by atoms with Gasteiger partial charge in [0.2, 0.25) is 0 Å². The molecule has 162 valence electrons. The molecule has 4 rings (SSSR count). The van der Waals surface area contributed by atoms with Gasteiger partial charge in [0, 0.05) is 43.6 Å². The lowest BCUT2D eigenvalue weighted by atomic mass is 9.79. The van der Waals surface area contributed by atoms with Gasteiger partial charge in [-0.3, -0.25) is 0 Å². The predicted molar refractivity (Wildman–Crippen MR) is 114 cm³/mol. The summed E-state index contributed by atoms with van der Waals surface area (Å²) in [7, 11) is 0. The Kier molecular flexibility index (Phi) is 4.94. The third-order valence-corrected chi connectivity index (χ3v) is 6.47. The van der Waals surface area contributed by atoms with Crippen LogP contribution in [0.2, 0.25) is 5.02 Å². The molecule has 7 nitrogen and oxygen atoms in total. The van der Waals surface area contributed by atoms with E-state index < -0.39 is 5.60 Å². The summed E-state index contributed by atoms with van der Waals surface area (Å²) in [4.78, 5) is 21.1. The van der Waals surface area contributed by atoms with Crippen LogP contribution in [0.4, 0.5) is 10.6 Å². The normalized spacial score (nSPS) is 21.8. The summed E-state index contributed by atoms with van der Waals surface area (Å²) in [5, 5.41) is 10.2. The van der Waals surface area contributed by atoms with Gasteiger partial charge in [0.25, 0.3) is 0 Å². The van der Waals surface area contributed by atoms with Crippen molar-refractivity contribution in [1.29, 1.82) is 5.26 Å². The molecule has 8 heteroatoms. The minimum atomic E-state index is -0.496. The number of nitrogens with zero attached hydrogens (tertiary/aromatic N) is 4. The number of carbonyl (C=O) groups excluding carboxylic acids is 1. The quantitative estimate of drug-likeness (QED) is 0.669. The van der Waals surface area contributed by atoms with Gasteiger partial charge in [0.1, 0.15) is 23.1 Å². The number of rotatable bonds is 1. The summed E-state index contributed by atoms with van der Waals surface area (Å²) < 4.78 is 11.3. The molecule has 3 aliphatic rings. The number of likely N-dealkylation sites (tertiary alicyclic amines) is 1. The molecule has 0 saturated carbocycles. The molecule has 0 unspecified atom stereocenters. The fourth-order valence-corrected chi connectivity index (χ4v) is 4.85. The number of pyridine rings is 1. The van der Waals surface area contributed by atoms with E-state index in [0.29, 0.717) is 42.5 Å². The molecule has 1 aromatic heterocycles. The molecule has 0 aliphatic carbocycles. The molecule has 2 fully saturated rings. The Bertz CT molecular complexity index is 926. The van der Waals surface area contributed by atoms with Gasteiger partial charge in [-0.05, 0) is 41.0 Å². The van der Waals surface area contributed by atoms with E-state index in [2.05, 4.69) is 11.0 Å². The minimum Gasteiger partial charge on any atom is -0.444 e. The van der Waals surface area contributed by atoms with Crippen molar-refractivity contribution in [3.8, 4) is 6.07 Å². The lowest BCUT2D eigenvalue weighted by Gasteiger charge is -2.47. The Morgan fingerprint density at radius 1 is 1.30 bits per heavy atom. The van der Waals surface area contributed by atoms with Gasteiger partial charge in [0.15, 0.2) is 0 Å². The van der Waals surface area contributed by atoms with Gasteiger partial charge in [0.05, 0.1) is 22.9 Å². The van der Waals surface area contributed by atoms with Crippen molar-refractivity contribution >= 4 is 23.5 Å². The first-order valence-corrected chi connectivity index (χ1v) is 10.8. The molecule has 30 heavy (non-hydrogen) atoms. The summed E-state index contributed by atoms with van der Waals surface area (Å²) in [6.07, 6.45) is 1.34. The number of nitriles is 1. The number of ether oxygens (including phenoxy) is 2. The van der Waals surface area contributed by atoms with E-state index >= 15 is 0 Å². The molecular weight excluding hydrogens is 404 g/mol. The van der Waals surface area contributed by atoms with Crippen LogP contribution in [0.3, 0.4) is 0 Å². The third-order valence-electron chi connectivity index (χ3n) is 6.05. The molecule has 0 bridgehead atoms. The van der Waals surface area contributed by atoms with Crippen molar-refractivity contribution in [3.05, 3.63) is 21.8 Å². The highest BCUT2D eigenvalue weighted by atomic mass is 35.5. The summed E-state index contributed by atoms with van der Waals surface area (Å²) in [6, 6.07) is 2.25. The average Bonchev–Trinajstić information content (AvgIpc) is 3.03. The number of amides is 1. The van der Waals surface area contributed by atoms with Crippen LogP contribution in [-0.2, 0) is 22.5 Å². The molecule has 1 amide bonds. The number of aromatic nitrogens is 1. The molecule has 1 spiro atoms. The smallest absolute Gasteiger partial charge is 0.410 e. The van der Waals surface area contributed by atoms with Crippen LogP contribution >= 0.6 is 11.6 Å². The van der Waals surface area contributed by atoms with Crippen molar-refractivity contribution in [2.75, 3.05) is 31.1 Å². The molecule has 0 aromatic carbocycles. The van der Waals surface area contributed by atoms with Crippen molar-refractivity contribution < 1.29 is 14.3 Å². The monoisotopic (exact) mass is 432 g/mol. The summed E-state index contributed by atoms with van der Waals surface area (Å²) in [5.41, 5.74) is 1.38. The van der Waals surface area contributed by atoms with Crippen LogP contribution in [0.25, 0.3) is 0 Å². The fourth-order valence-electron chi connectivity index (χ4n) is 4.56. The van der Waals surface area contributed by atoms with Crippen molar-refractivity contribution in [3.63, 3.8) is 0 Å². The van der Waals surface area contributed by atoms with Crippen LogP contribution < -0.4 is 4.90 Å². The molecule has 0 radical (unpaired) electrons. The van der Waals surface area contributed by atoms with E-state index in [1.54, 1.807) is 4.90 Å². The highest BCUT2D eigenvalue weighted by Gasteiger charge is 2.51. The Hall–Kier alpha value is -2.04. The Morgan fingerprint density at radius 2 is 2.00 bits per heavy atom. The Morgan fingerprint density at radius 3 is 2.63 bits per heavy atom. The van der Waals surface area contributed by atoms with Crippen LogP contribution in [0, 0.1) is 16.7 Å². The molecule has 0 atom stereocenters. The van der Waals surface area contributed by atoms with E-state index in [-0.39, 0.29) is 17.1 Å². The van der Waals surface area contributed by atoms with E-state index in [1.807, 2.05) is 34.6 Å². The van der Waals surface area contributed by atoms with Crippen LogP contribution in [-0.4, -0.2) is 53.4 Å². The maximum Gasteiger partial charge on any atom is 0.410 e. The first-order chi connectivity index (χ1) is 13.9. The van der Waals surface area contributed by atoms with Gasteiger partial charge in [-0.15, -0.1) is 0 Å². The summed E-state index contributed by atoms with van der Waals surface area (Å²) in [6.45, 7) is 12.9. The molecule has 4 heterocycles. The van der Waals surface area contributed by atoms with E-state index in [4.69, 9.17) is 26.1 Å². The van der Waals surface area contributed by atoms with Crippen LogP contribution in [0.1, 0.15) is 57.9 Å². The van der Waals surface area contributed by atoms with Gasteiger partial charge in [-0.2, -0.15) is 5.26 Å². The number of halogens is 1. The number of carbonyl (C=O) groups is 1. The van der Waals surface area contributed by atoms with E-state index in [9.17, 15) is 10.1 Å².